The van der Waals surface area contributed by atoms with Crippen molar-refractivity contribution in [1.82, 2.24) is 4.90 Å². The van der Waals surface area contributed by atoms with E-state index < -0.39 is 17.6 Å². The summed E-state index contributed by atoms with van der Waals surface area (Å²) >= 11 is 1.81. The van der Waals surface area contributed by atoms with Gasteiger partial charge in [-0.3, -0.25) is 9.69 Å². The summed E-state index contributed by atoms with van der Waals surface area (Å²) in [7, 11) is 0. The molecule has 1 aromatic rings. The first kappa shape index (κ1) is 15.2. The fraction of sp³-hybridized carbons (Fsp3) is 0.462. The summed E-state index contributed by atoms with van der Waals surface area (Å²) in [6.07, 6.45) is -4.47. The molecule has 110 valence electrons. The van der Waals surface area contributed by atoms with Crippen molar-refractivity contribution < 1.29 is 18.0 Å². The lowest BCUT2D eigenvalue weighted by atomic mass is 10.1. The van der Waals surface area contributed by atoms with E-state index in [1.807, 2.05) is 16.7 Å². The third-order valence-corrected chi connectivity index (χ3v) is 3.92. The number of thioether (sulfide) groups is 1. The highest BCUT2D eigenvalue weighted by Crippen LogP contribution is 2.34. The number of carbonyl (C=O) groups excluding carboxylic acids is 1. The van der Waals surface area contributed by atoms with Crippen LogP contribution in [-0.2, 0) is 11.0 Å². The van der Waals surface area contributed by atoms with Crippen LogP contribution in [0.4, 0.5) is 18.9 Å². The average molecular weight is 304 g/mol. The van der Waals surface area contributed by atoms with Gasteiger partial charge in [0.25, 0.3) is 0 Å². The molecule has 1 aliphatic heterocycles. The van der Waals surface area contributed by atoms with E-state index in [0.717, 1.165) is 30.7 Å². The average Bonchev–Trinajstić information content (AvgIpc) is 2.39. The van der Waals surface area contributed by atoms with Gasteiger partial charge in [-0.1, -0.05) is 12.1 Å². The number of benzene rings is 1. The van der Waals surface area contributed by atoms with Gasteiger partial charge in [-0.25, -0.2) is 0 Å². The van der Waals surface area contributed by atoms with E-state index in [4.69, 9.17) is 0 Å². The predicted octanol–water partition coefficient (Wildman–Crippen LogP) is 2.69. The second-order valence-corrected chi connectivity index (χ2v) is 5.70. The highest BCUT2D eigenvalue weighted by molar-refractivity contribution is 7.99. The quantitative estimate of drug-likeness (QED) is 0.932. The van der Waals surface area contributed by atoms with Crippen molar-refractivity contribution in [2.45, 2.75) is 6.18 Å². The topological polar surface area (TPSA) is 32.3 Å². The molecule has 1 N–H and O–H groups in total. The zero-order chi connectivity index (χ0) is 14.6. The molecule has 7 heteroatoms. The number of carbonyl (C=O) groups is 1. The Morgan fingerprint density at radius 1 is 1.25 bits per heavy atom. The highest BCUT2D eigenvalue weighted by Gasteiger charge is 2.33. The third-order valence-electron chi connectivity index (χ3n) is 2.98. The Labute approximate surface area is 119 Å². The van der Waals surface area contributed by atoms with E-state index in [1.165, 1.54) is 18.2 Å². The minimum atomic E-state index is -4.47. The first-order chi connectivity index (χ1) is 9.47. The van der Waals surface area contributed by atoms with E-state index in [0.29, 0.717) is 0 Å². The van der Waals surface area contributed by atoms with E-state index in [1.54, 1.807) is 0 Å². The fourth-order valence-corrected chi connectivity index (χ4v) is 2.97. The number of nitrogens with zero attached hydrogens (tertiary/aromatic N) is 1. The number of rotatable bonds is 3. The maximum absolute atomic E-state index is 12.8. The second-order valence-electron chi connectivity index (χ2n) is 4.48. The summed E-state index contributed by atoms with van der Waals surface area (Å²) in [5.74, 6) is 1.49. The molecule has 3 nitrogen and oxygen atoms in total. The molecule has 0 atom stereocenters. The first-order valence-corrected chi connectivity index (χ1v) is 7.38. The molecular weight excluding hydrogens is 289 g/mol. The van der Waals surface area contributed by atoms with Crippen LogP contribution in [0, 0.1) is 0 Å². The number of anilines is 1. The molecule has 0 aromatic heterocycles. The number of alkyl halides is 3. The molecule has 1 saturated heterocycles. The summed E-state index contributed by atoms with van der Waals surface area (Å²) in [5.41, 5.74) is -1.00. The molecule has 20 heavy (non-hydrogen) atoms. The Hall–Kier alpha value is -1.21. The Morgan fingerprint density at radius 3 is 2.55 bits per heavy atom. The van der Waals surface area contributed by atoms with E-state index >= 15 is 0 Å². The van der Waals surface area contributed by atoms with Gasteiger partial charge in [0, 0.05) is 24.6 Å². The molecule has 0 bridgehead atoms. The lowest BCUT2D eigenvalue weighted by Crippen LogP contribution is -2.38. The normalized spacial score (nSPS) is 16.9. The van der Waals surface area contributed by atoms with Crippen LogP contribution < -0.4 is 5.32 Å². The van der Waals surface area contributed by atoms with Crippen LogP contribution in [0.1, 0.15) is 5.56 Å². The largest absolute Gasteiger partial charge is 0.418 e. The highest BCUT2D eigenvalue weighted by atomic mass is 32.2. The summed E-state index contributed by atoms with van der Waals surface area (Å²) in [4.78, 5) is 13.8. The van der Waals surface area contributed by atoms with E-state index in [-0.39, 0.29) is 12.2 Å². The van der Waals surface area contributed by atoms with Gasteiger partial charge in [0.1, 0.15) is 0 Å². The van der Waals surface area contributed by atoms with Crippen molar-refractivity contribution >= 4 is 23.4 Å². The van der Waals surface area contributed by atoms with Gasteiger partial charge in [-0.15, -0.1) is 0 Å². The summed E-state index contributed by atoms with van der Waals surface area (Å²) in [6.45, 7) is 1.71. The van der Waals surface area contributed by atoms with Crippen molar-refractivity contribution in [3.63, 3.8) is 0 Å². The molecule has 0 spiro atoms. The van der Waals surface area contributed by atoms with Gasteiger partial charge >= 0.3 is 6.18 Å². The maximum Gasteiger partial charge on any atom is 0.418 e. The number of para-hydroxylation sites is 1. The van der Waals surface area contributed by atoms with Gasteiger partial charge in [-0.2, -0.15) is 24.9 Å². The molecule has 1 fully saturated rings. The third kappa shape index (κ3) is 4.14. The molecule has 2 rings (SSSR count). The maximum atomic E-state index is 12.8. The monoisotopic (exact) mass is 304 g/mol. The van der Waals surface area contributed by atoms with Gasteiger partial charge < -0.3 is 5.32 Å². The van der Waals surface area contributed by atoms with Gasteiger partial charge in [0.15, 0.2) is 0 Å². The Kier molecular flexibility index (Phi) is 4.93. The van der Waals surface area contributed by atoms with E-state index in [9.17, 15) is 18.0 Å². The van der Waals surface area contributed by atoms with Crippen molar-refractivity contribution in [2.75, 3.05) is 36.5 Å². The molecule has 1 heterocycles. The fourth-order valence-electron chi connectivity index (χ4n) is 1.99. The minimum absolute atomic E-state index is 0.132. The second kappa shape index (κ2) is 6.49. The molecule has 1 amide bonds. The molecule has 0 unspecified atom stereocenters. The van der Waals surface area contributed by atoms with Crippen LogP contribution in [0.25, 0.3) is 0 Å². The first-order valence-electron chi connectivity index (χ1n) is 6.23. The summed E-state index contributed by atoms with van der Waals surface area (Å²) < 4.78 is 38.4. The smallest absolute Gasteiger partial charge is 0.324 e. The predicted molar refractivity (Wildman–Crippen MR) is 73.8 cm³/mol. The SMILES string of the molecule is O=C(CN1CCSCC1)Nc1ccccc1C(F)(F)F. The molecule has 1 aromatic carbocycles. The van der Waals surface area contributed by atoms with Crippen LogP contribution in [0.15, 0.2) is 24.3 Å². The zero-order valence-electron chi connectivity index (χ0n) is 10.7. The number of hydrogen-bond donors (Lipinski definition) is 1. The molecule has 0 saturated carbocycles. The zero-order valence-corrected chi connectivity index (χ0v) is 11.6. The standard InChI is InChI=1S/C13H15F3N2OS/c14-13(15,16)10-3-1-2-4-11(10)17-12(19)9-18-5-7-20-8-6-18/h1-4H,5-9H2,(H,17,19). The van der Waals surface area contributed by atoms with Crippen molar-refractivity contribution in [1.29, 1.82) is 0 Å². The molecule has 0 radical (unpaired) electrons. The number of halogens is 3. The number of nitrogens with one attached hydrogen (secondary N) is 1. The van der Waals surface area contributed by atoms with Crippen molar-refractivity contribution in [2.24, 2.45) is 0 Å². The molecule has 1 aliphatic rings. The number of amides is 1. The van der Waals surface area contributed by atoms with Crippen molar-refractivity contribution in [3.05, 3.63) is 29.8 Å². The molecular formula is C13H15F3N2OS. The van der Waals surface area contributed by atoms with Crippen LogP contribution in [0.3, 0.4) is 0 Å². The van der Waals surface area contributed by atoms with Gasteiger partial charge in [-0.05, 0) is 12.1 Å². The lowest BCUT2D eigenvalue weighted by Gasteiger charge is -2.25. The summed E-state index contributed by atoms with van der Waals surface area (Å²) in [5, 5.41) is 2.36. The summed E-state index contributed by atoms with van der Waals surface area (Å²) in [6, 6.07) is 5.02. The van der Waals surface area contributed by atoms with Crippen molar-refractivity contribution in [3.8, 4) is 0 Å². The van der Waals surface area contributed by atoms with Crippen LogP contribution in [0.2, 0.25) is 0 Å². The number of hydrogen-bond acceptors (Lipinski definition) is 3. The Bertz CT molecular complexity index is 473. The van der Waals surface area contributed by atoms with Crippen LogP contribution >= 0.6 is 11.8 Å². The lowest BCUT2D eigenvalue weighted by molar-refractivity contribution is -0.137. The van der Waals surface area contributed by atoms with E-state index in [2.05, 4.69) is 5.32 Å². The van der Waals surface area contributed by atoms with Crippen LogP contribution in [-0.4, -0.2) is 41.9 Å². The van der Waals surface area contributed by atoms with Gasteiger partial charge in [0.2, 0.25) is 5.91 Å². The Balaban J connectivity index is 2.00. The minimum Gasteiger partial charge on any atom is -0.324 e. The van der Waals surface area contributed by atoms with Gasteiger partial charge in [0.05, 0.1) is 17.8 Å². The van der Waals surface area contributed by atoms with Crippen LogP contribution in [0.5, 0.6) is 0 Å². The molecule has 0 aliphatic carbocycles. The Morgan fingerprint density at radius 2 is 1.90 bits per heavy atom.